The van der Waals surface area contributed by atoms with Gasteiger partial charge in [-0.05, 0) is 47.9 Å². The van der Waals surface area contributed by atoms with Gasteiger partial charge >= 0.3 is 0 Å². The Morgan fingerprint density at radius 1 is 0.892 bits per heavy atom. The highest BCUT2D eigenvalue weighted by Crippen LogP contribution is 2.28. The van der Waals surface area contributed by atoms with Crippen LogP contribution in [0, 0.1) is 0 Å². The summed E-state index contributed by atoms with van der Waals surface area (Å²) in [5.74, 6) is 0.647. The molecule has 0 saturated carbocycles. The molecule has 0 fully saturated rings. The molecule has 0 heterocycles. The number of ether oxygens (including phenoxy) is 2. The molecule has 0 bridgehead atoms. The molecule has 2 amide bonds. The van der Waals surface area contributed by atoms with Gasteiger partial charge in [-0.3, -0.25) is 9.59 Å². The van der Waals surface area contributed by atoms with Gasteiger partial charge in [0.2, 0.25) is 5.91 Å². The predicted octanol–water partition coefficient (Wildman–Crippen LogP) is 6.41. The van der Waals surface area contributed by atoms with Gasteiger partial charge in [-0.15, -0.1) is 0 Å². The van der Waals surface area contributed by atoms with Crippen LogP contribution < -0.4 is 20.2 Å². The number of hydrogen-bond donors (Lipinski definition) is 2. The van der Waals surface area contributed by atoms with Gasteiger partial charge in [0.25, 0.3) is 5.91 Å². The normalized spacial score (nSPS) is 10.9. The highest BCUT2D eigenvalue weighted by Gasteiger charge is 2.07. The summed E-state index contributed by atoms with van der Waals surface area (Å²) >= 11 is 5.91. The molecule has 0 radical (unpaired) electrons. The molecule has 202 valence electrons. The van der Waals surface area contributed by atoms with E-state index in [-0.39, 0.29) is 18.4 Å². The maximum Gasteiger partial charge on any atom is 0.259 e. The van der Waals surface area contributed by atoms with Crippen LogP contribution in [0.25, 0.3) is 0 Å². The lowest BCUT2D eigenvalue weighted by Gasteiger charge is -2.11. The van der Waals surface area contributed by atoms with Crippen LogP contribution in [0.5, 0.6) is 11.5 Å². The zero-order chi connectivity index (χ0) is 26.7. The summed E-state index contributed by atoms with van der Waals surface area (Å²) in [5, 5.41) is 7.28. The average molecular weight is 530 g/mol. The lowest BCUT2D eigenvalue weighted by atomic mass is 10.1. The maximum atomic E-state index is 12.0. The Bertz CT molecular complexity index is 980. The number of amides is 2. The van der Waals surface area contributed by atoms with E-state index >= 15 is 0 Å². The monoisotopic (exact) mass is 529 g/mol. The van der Waals surface area contributed by atoms with Crippen molar-refractivity contribution in [1.29, 1.82) is 0 Å². The van der Waals surface area contributed by atoms with Crippen molar-refractivity contribution in [1.82, 2.24) is 10.7 Å². The Labute approximate surface area is 226 Å². The minimum Gasteiger partial charge on any atom is -0.493 e. The quantitative estimate of drug-likeness (QED) is 0.132. The number of benzene rings is 2. The van der Waals surface area contributed by atoms with Crippen molar-refractivity contribution in [3.05, 3.63) is 58.6 Å². The van der Waals surface area contributed by atoms with Gasteiger partial charge in [0, 0.05) is 11.4 Å². The van der Waals surface area contributed by atoms with Crippen molar-refractivity contribution in [3.63, 3.8) is 0 Å². The first-order chi connectivity index (χ1) is 18.0. The van der Waals surface area contributed by atoms with Gasteiger partial charge in [0.15, 0.2) is 11.5 Å². The van der Waals surface area contributed by atoms with Crippen LogP contribution in [0.3, 0.4) is 0 Å². The van der Waals surface area contributed by atoms with E-state index in [1.54, 1.807) is 19.2 Å². The van der Waals surface area contributed by atoms with Crippen LogP contribution in [0.15, 0.2) is 47.6 Å². The average Bonchev–Trinajstić information content (AvgIpc) is 2.91. The number of carbonyl (C=O) groups is 2. The molecule has 0 aliphatic carbocycles. The van der Waals surface area contributed by atoms with Crippen LogP contribution in [-0.2, 0) is 16.2 Å². The summed E-state index contributed by atoms with van der Waals surface area (Å²) < 4.78 is 11.3. The van der Waals surface area contributed by atoms with E-state index in [4.69, 9.17) is 21.1 Å². The van der Waals surface area contributed by atoms with Gasteiger partial charge in [0.1, 0.15) is 6.61 Å². The SMILES string of the molecule is CCCCCCCCCCCC(=O)NCC(=O)NN=Cc1ccc(OCc2ccc(Cl)cc2)c(OC)c1. The summed E-state index contributed by atoms with van der Waals surface area (Å²) in [6.45, 7) is 2.50. The minimum atomic E-state index is -0.383. The zero-order valence-corrected chi connectivity index (χ0v) is 22.8. The fourth-order valence-electron chi connectivity index (χ4n) is 3.71. The predicted molar refractivity (Wildman–Crippen MR) is 149 cm³/mol. The van der Waals surface area contributed by atoms with E-state index in [1.165, 1.54) is 44.7 Å². The Kier molecular flexibility index (Phi) is 14.9. The Morgan fingerprint density at radius 3 is 2.24 bits per heavy atom. The largest absolute Gasteiger partial charge is 0.493 e. The number of hydrogen-bond acceptors (Lipinski definition) is 5. The van der Waals surface area contributed by atoms with Crippen LogP contribution in [0.2, 0.25) is 5.02 Å². The third kappa shape index (κ3) is 13.2. The van der Waals surface area contributed by atoms with Crippen molar-refractivity contribution in [3.8, 4) is 11.5 Å². The first-order valence-electron chi connectivity index (χ1n) is 13.2. The molecule has 0 atom stereocenters. The number of nitrogens with one attached hydrogen (secondary N) is 2. The summed E-state index contributed by atoms with van der Waals surface area (Å²) in [6, 6.07) is 12.8. The van der Waals surface area contributed by atoms with Crippen molar-refractivity contribution >= 4 is 29.6 Å². The van der Waals surface area contributed by atoms with E-state index < -0.39 is 0 Å². The lowest BCUT2D eigenvalue weighted by Crippen LogP contribution is -2.34. The number of unbranched alkanes of at least 4 members (excludes halogenated alkanes) is 8. The Hall–Kier alpha value is -3.06. The van der Waals surface area contributed by atoms with E-state index in [9.17, 15) is 9.59 Å². The number of methoxy groups -OCH3 is 1. The first kappa shape index (κ1) is 30.2. The number of nitrogens with zero attached hydrogens (tertiary/aromatic N) is 1. The lowest BCUT2D eigenvalue weighted by molar-refractivity contribution is -0.126. The van der Waals surface area contributed by atoms with E-state index in [0.717, 1.165) is 30.4 Å². The second-order valence-electron chi connectivity index (χ2n) is 8.97. The molecule has 2 rings (SSSR count). The standard InChI is InChI=1S/C29H40ClN3O4/c1-3-4-5-6-7-8-9-10-11-12-28(34)31-21-29(35)33-32-20-24-15-18-26(27(19-24)36-2)37-22-23-13-16-25(30)17-14-23/h13-20H,3-12,21-22H2,1-2H3,(H,31,34)(H,33,35). The number of halogens is 1. The molecule has 0 saturated heterocycles. The van der Waals surface area contributed by atoms with E-state index in [2.05, 4.69) is 22.8 Å². The summed E-state index contributed by atoms with van der Waals surface area (Å²) in [7, 11) is 1.56. The van der Waals surface area contributed by atoms with Gasteiger partial charge < -0.3 is 14.8 Å². The summed E-state index contributed by atoms with van der Waals surface area (Å²) in [5.41, 5.74) is 4.14. The Balaban J connectivity index is 1.63. The zero-order valence-electron chi connectivity index (χ0n) is 22.1. The Morgan fingerprint density at radius 2 is 1.57 bits per heavy atom. The molecule has 37 heavy (non-hydrogen) atoms. The first-order valence-corrected chi connectivity index (χ1v) is 13.5. The minimum absolute atomic E-state index is 0.103. The number of hydrazone groups is 1. The van der Waals surface area contributed by atoms with Crippen molar-refractivity contribution in [2.75, 3.05) is 13.7 Å². The van der Waals surface area contributed by atoms with Crippen molar-refractivity contribution < 1.29 is 19.1 Å². The number of rotatable bonds is 18. The molecule has 0 unspecified atom stereocenters. The fourth-order valence-corrected chi connectivity index (χ4v) is 3.83. The van der Waals surface area contributed by atoms with Crippen molar-refractivity contribution in [2.24, 2.45) is 5.10 Å². The topological polar surface area (TPSA) is 89.0 Å². The van der Waals surface area contributed by atoms with Gasteiger partial charge in [-0.2, -0.15) is 5.10 Å². The molecule has 0 aliphatic heterocycles. The van der Waals surface area contributed by atoms with Crippen LogP contribution in [0.4, 0.5) is 0 Å². The molecule has 7 nitrogen and oxygen atoms in total. The summed E-state index contributed by atoms with van der Waals surface area (Å²) in [6.07, 6.45) is 12.7. The number of carbonyl (C=O) groups excluding carboxylic acids is 2. The molecule has 0 aromatic heterocycles. The molecule has 2 N–H and O–H groups in total. The second kappa shape index (κ2) is 18.2. The molecular weight excluding hydrogens is 490 g/mol. The van der Waals surface area contributed by atoms with E-state index in [0.29, 0.717) is 29.5 Å². The molecule has 2 aromatic rings. The maximum absolute atomic E-state index is 12.0. The third-order valence-corrected chi connectivity index (χ3v) is 6.10. The van der Waals surface area contributed by atoms with Crippen LogP contribution in [-0.4, -0.2) is 31.7 Å². The van der Waals surface area contributed by atoms with Gasteiger partial charge in [-0.1, -0.05) is 82.0 Å². The molecule has 0 aliphatic rings. The van der Waals surface area contributed by atoms with Crippen molar-refractivity contribution in [2.45, 2.75) is 77.7 Å². The highest BCUT2D eigenvalue weighted by molar-refractivity contribution is 6.30. The molecule has 2 aromatic carbocycles. The molecular formula is C29H40ClN3O4. The van der Waals surface area contributed by atoms with Gasteiger partial charge in [-0.25, -0.2) is 5.43 Å². The smallest absolute Gasteiger partial charge is 0.259 e. The van der Waals surface area contributed by atoms with Crippen LogP contribution >= 0.6 is 11.6 Å². The summed E-state index contributed by atoms with van der Waals surface area (Å²) in [4.78, 5) is 23.9. The molecule has 8 heteroatoms. The molecule has 0 spiro atoms. The highest BCUT2D eigenvalue weighted by atomic mass is 35.5. The fraction of sp³-hybridized carbons (Fsp3) is 0.483. The van der Waals surface area contributed by atoms with Crippen LogP contribution in [0.1, 0.15) is 82.3 Å². The third-order valence-electron chi connectivity index (χ3n) is 5.85. The second-order valence-corrected chi connectivity index (χ2v) is 9.41. The van der Waals surface area contributed by atoms with Gasteiger partial charge in [0.05, 0.1) is 19.9 Å². The van der Waals surface area contributed by atoms with E-state index in [1.807, 2.05) is 30.3 Å².